The van der Waals surface area contributed by atoms with Crippen molar-refractivity contribution in [2.45, 2.75) is 25.7 Å². The Morgan fingerprint density at radius 1 is 1.50 bits per heavy atom. The van der Waals surface area contributed by atoms with Gasteiger partial charge in [0.25, 0.3) is 0 Å². The number of hydrogen-bond acceptors (Lipinski definition) is 3. The average molecular weight is 168 g/mol. The van der Waals surface area contributed by atoms with E-state index in [-0.39, 0.29) is 7.05 Å². The smallest absolute Gasteiger partial charge is 0.376 e. The second-order valence-corrected chi connectivity index (χ2v) is 3.98. The van der Waals surface area contributed by atoms with Crippen molar-refractivity contribution in [2.24, 2.45) is 5.92 Å². The van der Waals surface area contributed by atoms with Gasteiger partial charge in [0.2, 0.25) is 0 Å². The quantitative estimate of drug-likeness (QED) is 0.531. The minimum Gasteiger partial charge on any atom is -0.437 e. The molecule has 0 bridgehead atoms. The third kappa shape index (κ3) is 1.39. The molecule has 2 rings (SSSR count). The van der Waals surface area contributed by atoms with E-state index in [1.807, 2.05) is 6.82 Å². The SMILES string of the molecule is CB(O)N1CC[C@H]2CCNC[C@H]21. The first-order valence-electron chi connectivity index (χ1n) is 4.93. The number of nitrogens with zero attached hydrogens (tertiary/aromatic N) is 1. The van der Waals surface area contributed by atoms with Crippen LogP contribution in [0, 0.1) is 5.92 Å². The van der Waals surface area contributed by atoms with Gasteiger partial charge in [0.15, 0.2) is 0 Å². The van der Waals surface area contributed by atoms with Gasteiger partial charge in [-0.2, -0.15) is 0 Å². The van der Waals surface area contributed by atoms with Gasteiger partial charge >= 0.3 is 7.05 Å². The normalized spacial score (nSPS) is 36.5. The van der Waals surface area contributed by atoms with Gasteiger partial charge in [-0.25, -0.2) is 0 Å². The molecule has 2 fully saturated rings. The van der Waals surface area contributed by atoms with E-state index in [1.165, 1.54) is 12.8 Å². The van der Waals surface area contributed by atoms with Gasteiger partial charge in [0.05, 0.1) is 0 Å². The van der Waals surface area contributed by atoms with E-state index in [0.717, 1.165) is 25.6 Å². The van der Waals surface area contributed by atoms with Crippen LogP contribution in [-0.2, 0) is 0 Å². The standard InChI is InChI=1S/C8H17BN2O/c1-9(12)11-5-3-7-2-4-10-6-8(7)11/h7-8,10,12H,2-6H2,1H3/t7-,8-/m1/s1. The van der Waals surface area contributed by atoms with Crippen LogP contribution in [0.4, 0.5) is 0 Å². The van der Waals surface area contributed by atoms with Gasteiger partial charge in [-0.05, 0) is 38.7 Å². The van der Waals surface area contributed by atoms with Gasteiger partial charge in [-0.1, -0.05) is 0 Å². The molecule has 0 unspecified atom stereocenters. The molecule has 0 amide bonds. The van der Waals surface area contributed by atoms with Gasteiger partial charge < -0.3 is 15.2 Å². The Kier molecular flexibility index (Phi) is 2.39. The summed E-state index contributed by atoms with van der Waals surface area (Å²) in [6.45, 7) is 5.18. The molecule has 3 nitrogen and oxygen atoms in total. The van der Waals surface area contributed by atoms with Crippen LogP contribution < -0.4 is 5.32 Å². The lowest BCUT2D eigenvalue weighted by atomic mass is 9.82. The molecule has 0 radical (unpaired) electrons. The number of hydrogen-bond donors (Lipinski definition) is 2. The highest BCUT2D eigenvalue weighted by Crippen LogP contribution is 2.28. The first-order valence-corrected chi connectivity index (χ1v) is 4.93. The van der Waals surface area contributed by atoms with Crippen LogP contribution >= 0.6 is 0 Å². The monoisotopic (exact) mass is 168 g/mol. The molecule has 2 aliphatic heterocycles. The van der Waals surface area contributed by atoms with Crippen LogP contribution in [0.1, 0.15) is 12.8 Å². The van der Waals surface area contributed by atoms with Crippen LogP contribution in [0.2, 0.25) is 6.82 Å². The van der Waals surface area contributed by atoms with Crippen LogP contribution in [0.3, 0.4) is 0 Å². The van der Waals surface area contributed by atoms with Gasteiger partial charge in [-0.15, -0.1) is 0 Å². The Morgan fingerprint density at radius 2 is 2.33 bits per heavy atom. The summed E-state index contributed by atoms with van der Waals surface area (Å²) in [6.07, 6.45) is 2.56. The molecule has 0 aromatic heterocycles. The molecule has 0 saturated carbocycles. The molecule has 4 heteroatoms. The maximum Gasteiger partial charge on any atom is 0.376 e. The second kappa shape index (κ2) is 3.36. The van der Waals surface area contributed by atoms with Crippen molar-refractivity contribution in [3.63, 3.8) is 0 Å². The molecule has 0 aromatic rings. The molecule has 2 N–H and O–H groups in total. The Balaban J connectivity index is 2.01. The molecular weight excluding hydrogens is 151 g/mol. The van der Waals surface area contributed by atoms with Gasteiger partial charge in [0.1, 0.15) is 0 Å². The van der Waals surface area contributed by atoms with E-state index >= 15 is 0 Å². The lowest BCUT2D eigenvalue weighted by molar-refractivity contribution is 0.256. The Bertz CT molecular complexity index is 165. The zero-order valence-corrected chi connectivity index (χ0v) is 7.66. The molecular formula is C8H17BN2O. The first kappa shape index (κ1) is 8.54. The summed E-state index contributed by atoms with van der Waals surface area (Å²) in [5.74, 6) is 0.834. The number of piperidine rings is 1. The van der Waals surface area contributed by atoms with Gasteiger partial charge in [0, 0.05) is 12.6 Å². The highest BCUT2D eigenvalue weighted by atomic mass is 16.2. The third-order valence-corrected chi connectivity index (χ3v) is 3.25. The minimum atomic E-state index is -0.264. The fraction of sp³-hybridized carbons (Fsp3) is 1.00. The van der Waals surface area contributed by atoms with E-state index < -0.39 is 0 Å². The van der Waals surface area contributed by atoms with Crippen LogP contribution in [0.25, 0.3) is 0 Å². The second-order valence-electron chi connectivity index (χ2n) is 3.98. The molecule has 12 heavy (non-hydrogen) atoms. The highest BCUT2D eigenvalue weighted by molar-refractivity contribution is 6.45. The number of rotatable bonds is 1. The largest absolute Gasteiger partial charge is 0.437 e. The Labute approximate surface area is 74.3 Å². The van der Waals surface area contributed by atoms with E-state index in [0.29, 0.717) is 6.04 Å². The van der Waals surface area contributed by atoms with E-state index in [1.54, 1.807) is 0 Å². The molecule has 2 atom stereocenters. The van der Waals surface area contributed by atoms with Crippen molar-refractivity contribution in [1.82, 2.24) is 10.1 Å². The lowest BCUT2D eigenvalue weighted by Gasteiger charge is -2.32. The summed E-state index contributed by atoms with van der Waals surface area (Å²) >= 11 is 0. The predicted molar refractivity (Wildman–Crippen MR) is 49.9 cm³/mol. The fourth-order valence-corrected chi connectivity index (χ4v) is 2.57. The zero-order chi connectivity index (χ0) is 8.55. The lowest BCUT2D eigenvalue weighted by Crippen LogP contribution is -2.50. The summed E-state index contributed by atoms with van der Waals surface area (Å²) in [5.41, 5.74) is 0. The summed E-state index contributed by atoms with van der Waals surface area (Å²) in [5, 5.41) is 12.9. The zero-order valence-electron chi connectivity index (χ0n) is 7.66. The maximum absolute atomic E-state index is 9.49. The fourth-order valence-electron chi connectivity index (χ4n) is 2.57. The van der Waals surface area contributed by atoms with Crippen molar-refractivity contribution in [3.8, 4) is 0 Å². The van der Waals surface area contributed by atoms with E-state index in [2.05, 4.69) is 10.1 Å². The van der Waals surface area contributed by atoms with Crippen LogP contribution in [0.5, 0.6) is 0 Å². The van der Waals surface area contributed by atoms with Crippen molar-refractivity contribution in [3.05, 3.63) is 0 Å². The van der Waals surface area contributed by atoms with Crippen molar-refractivity contribution in [1.29, 1.82) is 0 Å². The van der Waals surface area contributed by atoms with Crippen molar-refractivity contribution in [2.75, 3.05) is 19.6 Å². The summed E-state index contributed by atoms with van der Waals surface area (Å²) < 4.78 is 0. The van der Waals surface area contributed by atoms with Crippen molar-refractivity contribution >= 4 is 7.05 Å². The topological polar surface area (TPSA) is 35.5 Å². The molecule has 2 heterocycles. The average Bonchev–Trinajstić information content (AvgIpc) is 2.47. The van der Waals surface area contributed by atoms with E-state index in [9.17, 15) is 5.02 Å². The van der Waals surface area contributed by atoms with Crippen molar-refractivity contribution < 1.29 is 5.02 Å². The molecule has 2 aliphatic rings. The summed E-state index contributed by atoms with van der Waals surface area (Å²) in [7, 11) is -0.264. The number of nitrogens with one attached hydrogen (secondary N) is 1. The number of fused-ring (bicyclic) bond motifs is 1. The first-order chi connectivity index (χ1) is 5.79. The maximum atomic E-state index is 9.49. The van der Waals surface area contributed by atoms with E-state index in [4.69, 9.17) is 0 Å². The summed E-state index contributed by atoms with van der Waals surface area (Å²) in [4.78, 5) is 2.22. The Hall–Kier alpha value is -0.0551. The van der Waals surface area contributed by atoms with Crippen LogP contribution in [0.15, 0.2) is 0 Å². The molecule has 0 aliphatic carbocycles. The summed E-state index contributed by atoms with van der Waals surface area (Å²) in [6, 6.07) is 0.596. The molecule has 0 spiro atoms. The predicted octanol–water partition coefficient (Wildman–Crippen LogP) is -0.220. The minimum absolute atomic E-state index is 0.264. The third-order valence-electron chi connectivity index (χ3n) is 3.25. The molecule has 2 saturated heterocycles. The highest BCUT2D eigenvalue weighted by Gasteiger charge is 2.38. The molecule has 68 valence electrons. The van der Waals surface area contributed by atoms with Gasteiger partial charge in [-0.3, -0.25) is 0 Å². The molecule has 0 aromatic carbocycles. The Morgan fingerprint density at radius 3 is 3.08 bits per heavy atom. The van der Waals surface area contributed by atoms with Crippen LogP contribution in [-0.4, -0.2) is 42.6 Å².